The SMILES string of the molecule is O=C1NCC[C@H]1N1CCC(c2cccc(Br)c2)CC1. The zero-order valence-electron chi connectivity index (χ0n) is 10.9. The molecular formula is C15H19BrN2O. The van der Waals surface area contributed by atoms with Crippen LogP contribution in [-0.2, 0) is 4.79 Å². The molecule has 19 heavy (non-hydrogen) atoms. The Kier molecular flexibility index (Phi) is 3.89. The average Bonchev–Trinajstić information content (AvgIpc) is 2.85. The Labute approximate surface area is 122 Å². The quantitative estimate of drug-likeness (QED) is 0.907. The molecule has 2 fully saturated rings. The maximum atomic E-state index is 11.7. The first kappa shape index (κ1) is 13.1. The summed E-state index contributed by atoms with van der Waals surface area (Å²) in [6.07, 6.45) is 3.28. The molecule has 1 atom stereocenters. The van der Waals surface area contributed by atoms with Crippen molar-refractivity contribution in [2.24, 2.45) is 0 Å². The molecule has 0 aliphatic carbocycles. The van der Waals surface area contributed by atoms with E-state index in [9.17, 15) is 4.79 Å². The standard InChI is InChI=1S/C15H19BrN2O/c16-13-3-1-2-12(10-13)11-5-8-18(9-6-11)14-4-7-17-15(14)19/h1-3,10-11,14H,4-9H2,(H,17,19)/t14-/m1/s1. The number of piperidine rings is 1. The number of rotatable bonds is 2. The van der Waals surface area contributed by atoms with Gasteiger partial charge in [-0.2, -0.15) is 0 Å². The summed E-state index contributed by atoms with van der Waals surface area (Å²) in [5.74, 6) is 0.860. The molecule has 0 bridgehead atoms. The third-order valence-electron chi connectivity index (χ3n) is 4.31. The van der Waals surface area contributed by atoms with Crippen LogP contribution in [0.15, 0.2) is 28.7 Å². The van der Waals surface area contributed by atoms with Gasteiger partial charge in [0.15, 0.2) is 0 Å². The molecule has 1 N–H and O–H groups in total. The van der Waals surface area contributed by atoms with Gasteiger partial charge in [0.05, 0.1) is 6.04 Å². The molecule has 0 aromatic heterocycles. The molecule has 0 unspecified atom stereocenters. The van der Waals surface area contributed by atoms with E-state index in [2.05, 4.69) is 50.4 Å². The molecule has 4 heteroatoms. The van der Waals surface area contributed by atoms with E-state index >= 15 is 0 Å². The number of carbonyl (C=O) groups is 1. The number of carbonyl (C=O) groups excluding carboxylic acids is 1. The van der Waals surface area contributed by atoms with Crippen molar-refractivity contribution < 1.29 is 4.79 Å². The molecular weight excluding hydrogens is 304 g/mol. The van der Waals surface area contributed by atoms with Crippen LogP contribution in [-0.4, -0.2) is 36.5 Å². The third-order valence-corrected chi connectivity index (χ3v) is 4.80. The summed E-state index contributed by atoms with van der Waals surface area (Å²) in [6, 6.07) is 8.75. The number of nitrogens with one attached hydrogen (secondary N) is 1. The van der Waals surface area contributed by atoms with Crippen molar-refractivity contribution in [2.45, 2.75) is 31.2 Å². The van der Waals surface area contributed by atoms with Gasteiger partial charge in [0.1, 0.15) is 0 Å². The molecule has 2 aliphatic heterocycles. The predicted octanol–water partition coefficient (Wildman–Crippen LogP) is 2.52. The van der Waals surface area contributed by atoms with Crippen LogP contribution in [0.2, 0.25) is 0 Å². The fourth-order valence-corrected chi connectivity index (χ4v) is 3.65. The van der Waals surface area contributed by atoms with E-state index in [4.69, 9.17) is 0 Å². The smallest absolute Gasteiger partial charge is 0.237 e. The highest BCUT2D eigenvalue weighted by atomic mass is 79.9. The van der Waals surface area contributed by atoms with Crippen LogP contribution in [0.1, 0.15) is 30.7 Å². The van der Waals surface area contributed by atoms with E-state index in [1.165, 1.54) is 5.56 Å². The van der Waals surface area contributed by atoms with Crippen molar-refractivity contribution in [1.82, 2.24) is 10.2 Å². The second kappa shape index (κ2) is 5.63. The number of benzene rings is 1. The van der Waals surface area contributed by atoms with Gasteiger partial charge in [-0.15, -0.1) is 0 Å². The van der Waals surface area contributed by atoms with E-state index in [0.717, 1.165) is 43.4 Å². The topological polar surface area (TPSA) is 32.3 Å². The Morgan fingerprint density at radius 3 is 2.63 bits per heavy atom. The van der Waals surface area contributed by atoms with Gasteiger partial charge in [0.2, 0.25) is 5.91 Å². The van der Waals surface area contributed by atoms with Gasteiger partial charge in [-0.25, -0.2) is 0 Å². The first-order chi connectivity index (χ1) is 9.24. The zero-order chi connectivity index (χ0) is 13.2. The van der Waals surface area contributed by atoms with Gasteiger partial charge >= 0.3 is 0 Å². The van der Waals surface area contributed by atoms with Gasteiger partial charge < -0.3 is 5.32 Å². The summed E-state index contributed by atoms with van der Waals surface area (Å²) >= 11 is 3.54. The molecule has 102 valence electrons. The number of halogens is 1. The highest BCUT2D eigenvalue weighted by Gasteiger charge is 2.32. The summed E-state index contributed by atoms with van der Waals surface area (Å²) in [6.45, 7) is 2.92. The highest BCUT2D eigenvalue weighted by molar-refractivity contribution is 9.10. The lowest BCUT2D eigenvalue weighted by atomic mass is 9.89. The predicted molar refractivity (Wildman–Crippen MR) is 79.1 cm³/mol. The van der Waals surface area contributed by atoms with Crippen molar-refractivity contribution in [1.29, 1.82) is 0 Å². The summed E-state index contributed by atoms with van der Waals surface area (Å²) in [5.41, 5.74) is 1.42. The molecule has 3 nitrogen and oxygen atoms in total. The van der Waals surface area contributed by atoms with E-state index in [1.54, 1.807) is 0 Å². The van der Waals surface area contributed by atoms with Gasteiger partial charge in [0, 0.05) is 11.0 Å². The summed E-state index contributed by atoms with van der Waals surface area (Å²) in [5, 5.41) is 2.93. The lowest BCUT2D eigenvalue weighted by Gasteiger charge is -2.35. The van der Waals surface area contributed by atoms with Crippen LogP contribution < -0.4 is 5.32 Å². The van der Waals surface area contributed by atoms with Gasteiger partial charge in [-0.05, 0) is 56.0 Å². The highest BCUT2D eigenvalue weighted by Crippen LogP contribution is 2.30. The Bertz CT molecular complexity index is 469. The van der Waals surface area contributed by atoms with Crippen LogP contribution in [0.5, 0.6) is 0 Å². The largest absolute Gasteiger partial charge is 0.355 e. The summed E-state index contributed by atoms with van der Waals surface area (Å²) in [7, 11) is 0. The first-order valence-electron chi connectivity index (χ1n) is 7.01. The monoisotopic (exact) mass is 322 g/mol. The average molecular weight is 323 g/mol. The van der Waals surface area contributed by atoms with E-state index in [0.29, 0.717) is 5.92 Å². The number of amides is 1. The fourth-order valence-electron chi connectivity index (χ4n) is 3.23. The van der Waals surface area contributed by atoms with Crippen molar-refractivity contribution in [3.05, 3.63) is 34.3 Å². The molecule has 2 aliphatic rings. The van der Waals surface area contributed by atoms with Crippen molar-refractivity contribution in [3.8, 4) is 0 Å². The van der Waals surface area contributed by atoms with Crippen LogP contribution in [0.4, 0.5) is 0 Å². The first-order valence-corrected chi connectivity index (χ1v) is 7.80. The maximum Gasteiger partial charge on any atom is 0.237 e. The molecule has 2 saturated heterocycles. The van der Waals surface area contributed by atoms with Crippen LogP contribution in [0, 0.1) is 0 Å². The lowest BCUT2D eigenvalue weighted by Crippen LogP contribution is -2.44. The van der Waals surface area contributed by atoms with Crippen LogP contribution >= 0.6 is 15.9 Å². The summed E-state index contributed by atoms with van der Waals surface area (Å²) in [4.78, 5) is 14.1. The Balaban J connectivity index is 1.61. The Morgan fingerprint density at radius 1 is 1.21 bits per heavy atom. The van der Waals surface area contributed by atoms with Crippen molar-refractivity contribution >= 4 is 21.8 Å². The number of hydrogen-bond acceptors (Lipinski definition) is 2. The van der Waals surface area contributed by atoms with Crippen LogP contribution in [0.25, 0.3) is 0 Å². The minimum atomic E-state index is 0.128. The third kappa shape index (κ3) is 2.84. The lowest BCUT2D eigenvalue weighted by molar-refractivity contribution is -0.124. The number of hydrogen-bond donors (Lipinski definition) is 1. The fraction of sp³-hybridized carbons (Fsp3) is 0.533. The minimum Gasteiger partial charge on any atom is -0.355 e. The number of nitrogens with zero attached hydrogens (tertiary/aromatic N) is 1. The van der Waals surface area contributed by atoms with E-state index in [-0.39, 0.29) is 11.9 Å². The van der Waals surface area contributed by atoms with Crippen molar-refractivity contribution in [2.75, 3.05) is 19.6 Å². The second-order valence-corrected chi connectivity index (χ2v) is 6.38. The van der Waals surface area contributed by atoms with Gasteiger partial charge in [-0.1, -0.05) is 28.1 Å². The molecule has 1 amide bonds. The molecule has 1 aromatic carbocycles. The molecule has 3 rings (SSSR count). The minimum absolute atomic E-state index is 0.128. The molecule has 2 heterocycles. The summed E-state index contributed by atoms with van der Waals surface area (Å²) < 4.78 is 1.16. The van der Waals surface area contributed by atoms with Crippen LogP contribution in [0.3, 0.4) is 0 Å². The molecule has 0 spiro atoms. The van der Waals surface area contributed by atoms with E-state index < -0.39 is 0 Å². The molecule has 0 saturated carbocycles. The van der Waals surface area contributed by atoms with Gasteiger partial charge in [-0.3, -0.25) is 9.69 Å². The van der Waals surface area contributed by atoms with Gasteiger partial charge in [0.25, 0.3) is 0 Å². The Morgan fingerprint density at radius 2 is 2.00 bits per heavy atom. The molecule has 0 radical (unpaired) electrons. The number of likely N-dealkylation sites (tertiary alicyclic amines) is 1. The maximum absolute atomic E-state index is 11.7. The zero-order valence-corrected chi connectivity index (χ0v) is 12.5. The Hall–Kier alpha value is -0.870. The second-order valence-electron chi connectivity index (χ2n) is 5.46. The van der Waals surface area contributed by atoms with Crippen molar-refractivity contribution in [3.63, 3.8) is 0 Å². The van der Waals surface area contributed by atoms with E-state index in [1.807, 2.05) is 0 Å². The molecule has 1 aromatic rings. The normalized spacial score (nSPS) is 25.5.